The SMILES string of the molecule is N#Cc1c2n(c(=O)n(CC(=O)NC[C@H]3CCCO3)c1=O)CCC2. The first kappa shape index (κ1) is 15.5. The molecule has 0 saturated carbocycles. The molecule has 1 amide bonds. The van der Waals surface area contributed by atoms with Crippen molar-refractivity contribution in [1.82, 2.24) is 14.5 Å². The van der Waals surface area contributed by atoms with E-state index in [0.717, 1.165) is 23.8 Å². The molecular formula is C15H18N4O4. The highest BCUT2D eigenvalue weighted by Gasteiger charge is 2.23. The molecule has 1 N–H and O–H groups in total. The first-order valence-corrected chi connectivity index (χ1v) is 7.76. The second-order valence-corrected chi connectivity index (χ2v) is 5.80. The van der Waals surface area contributed by atoms with Crippen LogP contribution in [0.15, 0.2) is 9.59 Å². The minimum absolute atomic E-state index is 0.00791. The first-order chi connectivity index (χ1) is 11.1. The predicted molar refractivity (Wildman–Crippen MR) is 80.0 cm³/mol. The van der Waals surface area contributed by atoms with Gasteiger partial charge in [-0.05, 0) is 25.7 Å². The molecule has 3 rings (SSSR count). The Morgan fingerprint density at radius 1 is 1.39 bits per heavy atom. The summed E-state index contributed by atoms with van der Waals surface area (Å²) >= 11 is 0. The van der Waals surface area contributed by atoms with E-state index in [0.29, 0.717) is 31.8 Å². The second kappa shape index (κ2) is 6.38. The number of aromatic nitrogens is 2. The van der Waals surface area contributed by atoms with Crippen LogP contribution < -0.4 is 16.6 Å². The van der Waals surface area contributed by atoms with Crippen LogP contribution in [0.2, 0.25) is 0 Å². The molecule has 0 aliphatic carbocycles. The number of hydrogen-bond donors (Lipinski definition) is 1. The van der Waals surface area contributed by atoms with Crippen molar-refractivity contribution in [2.75, 3.05) is 13.2 Å². The van der Waals surface area contributed by atoms with E-state index in [-0.39, 0.29) is 18.2 Å². The van der Waals surface area contributed by atoms with Gasteiger partial charge in [-0.1, -0.05) is 0 Å². The van der Waals surface area contributed by atoms with E-state index in [1.165, 1.54) is 4.57 Å². The Kier molecular flexibility index (Phi) is 4.30. The molecule has 3 heterocycles. The van der Waals surface area contributed by atoms with E-state index < -0.39 is 17.2 Å². The lowest BCUT2D eigenvalue weighted by molar-refractivity contribution is -0.122. The van der Waals surface area contributed by atoms with Gasteiger partial charge in [0.1, 0.15) is 18.2 Å². The third-order valence-electron chi connectivity index (χ3n) is 4.29. The van der Waals surface area contributed by atoms with E-state index in [1.807, 2.05) is 6.07 Å². The fourth-order valence-corrected chi connectivity index (χ4v) is 3.12. The smallest absolute Gasteiger partial charge is 0.331 e. The van der Waals surface area contributed by atoms with Crippen molar-refractivity contribution in [2.24, 2.45) is 0 Å². The van der Waals surface area contributed by atoms with Crippen molar-refractivity contribution in [3.8, 4) is 6.07 Å². The predicted octanol–water partition coefficient (Wildman–Crippen LogP) is -0.877. The summed E-state index contributed by atoms with van der Waals surface area (Å²) in [5, 5.41) is 11.9. The molecule has 2 aliphatic heterocycles. The first-order valence-electron chi connectivity index (χ1n) is 7.76. The van der Waals surface area contributed by atoms with Crippen molar-refractivity contribution >= 4 is 5.91 Å². The van der Waals surface area contributed by atoms with Crippen LogP contribution in [0.1, 0.15) is 30.5 Å². The van der Waals surface area contributed by atoms with Crippen LogP contribution in [0.5, 0.6) is 0 Å². The summed E-state index contributed by atoms with van der Waals surface area (Å²) in [7, 11) is 0. The van der Waals surface area contributed by atoms with Gasteiger partial charge in [-0.3, -0.25) is 14.2 Å². The van der Waals surface area contributed by atoms with E-state index in [9.17, 15) is 19.6 Å². The zero-order valence-electron chi connectivity index (χ0n) is 12.7. The summed E-state index contributed by atoms with van der Waals surface area (Å²) in [5.74, 6) is -0.429. The van der Waals surface area contributed by atoms with Gasteiger partial charge in [0, 0.05) is 25.4 Å². The number of carbonyl (C=O) groups is 1. The standard InChI is InChI=1S/C15H18N4O4/c16-7-11-12-4-1-5-18(12)15(22)19(14(11)21)9-13(20)17-8-10-3-2-6-23-10/h10H,1-6,8-9H2,(H,17,20)/t10-/m1/s1. The third-order valence-corrected chi connectivity index (χ3v) is 4.29. The lowest BCUT2D eigenvalue weighted by Crippen LogP contribution is -2.45. The Balaban J connectivity index is 1.80. The maximum atomic E-state index is 12.4. The summed E-state index contributed by atoms with van der Waals surface area (Å²) in [4.78, 5) is 36.7. The number of rotatable bonds is 4. The minimum atomic E-state index is -0.682. The number of nitriles is 1. The van der Waals surface area contributed by atoms with Crippen molar-refractivity contribution in [3.05, 3.63) is 32.1 Å². The molecule has 2 aliphatic rings. The molecule has 1 fully saturated rings. The zero-order chi connectivity index (χ0) is 16.4. The Labute approximate surface area is 132 Å². The molecule has 0 bridgehead atoms. The van der Waals surface area contributed by atoms with Gasteiger partial charge in [-0.25, -0.2) is 9.36 Å². The highest BCUT2D eigenvalue weighted by atomic mass is 16.5. The molecule has 122 valence electrons. The van der Waals surface area contributed by atoms with Gasteiger partial charge in [0.05, 0.1) is 6.10 Å². The van der Waals surface area contributed by atoms with E-state index in [4.69, 9.17) is 4.74 Å². The fourth-order valence-electron chi connectivity index (χ4n) is 3.12. The molecule has 1 aromatic heterocycles. The molecule has 0 aromatic carbocycles. The summed E-state index contributed by atoms with van der Waals surface area (Å²) in [6.07, 6.45) is 3.11. The zero-order valence-corrected chi connectivity index (χ0v) is 12.7. The molecule has 0 spiro atoms. The average molecular weight is 318 g/mol. The van der Waals surface area contributed by atoms with Gasteiger partial charge in [0.25, 0.3) is 5.56 Å². The normalized spacial score (nSPS) is 19.3. The van der Waals surface area contributed by atoms with Crippen molar-refractivity contribution in [3.63, 3.8) is 0 Å². The third kappa shape index (κ3) is 2.92. The Bertz CT molecular complexity index is 780. The van der Waals surface area contributed by atoms with Gasteiger partial charge in [-0.15, -0.1) is 0 Å². The Hall–Kier alpha value is -2.40. The van der Waals surface area contributed by atoms with Crippen LogP contribution in [-0.4, -0.2) is 34.3 Å². The van der Waals surface area contributed by atoms with E-state index in [2.05, 4.69) is 5.32 Å². The van der Waals surface area contributed by atoms with Crippen LogP contribution in [0.4, 0.5) is 0 Å². The maximum Gasteiger partial charge on any atom is 0.331 e. The van der Waals surface area contributed by atoms with Gasteiger partial charge in [-0.2, -0.15) is 5.26 Å². The average Bonchev–Trinajstić information content (AvgIpc) is 3.21. The van der Waals surface area contributed by atoms with Crippen LogP contribution in [0, 0.1) is 11.3 Å². The number of hydrogen-bond acceptors (Lipinski definition) is 5. The van der Waals surface area contributed by atoms with Gasteiger partial charge >= 0.3 is 5.69 Å². The molecule has 0 radical (unpaired) electrons. The van der Waals surface area contributed by atoms with E-state index in [1.54, 1.807) is 0 Å². The topological polar surface area (TPSA) is 106 Å². The summed E-state index contributed by atoms with van der Waals surface area (Å²) in [6.45, 7) is 1.16. The lowest BCUT2D eigenvalue weighted by Gasteiger charge is -2.13. The quantitative estimate of drug-likeness (QED) is 0.776. The van der Waals surface area contributed by atoms with Crippen LogP contribution in [0.3, 0.4) is 0 Å². The van der Waals surface area contributed by atoms with E-state index >= 15 is 0 Å². The van der Waals surface area contributed by atoms with Gasteiger partial charge in [0.2, 0.25) is 5.91 Å². The highest BCUT2D eigenvalue weighted by molar-refractivity contribution is 5.75. The van der Waals surface area contributed by atoms with Crippen molar-refractivity contribution in [2.45, 2.75) is 44.9 Å². The number of amides is 1. The second-order valence-electron chi connectivity index (χ2n) is 5.80. The molecule has 8 nitrogen and oxygen atoms in total. The van der Waals surface area contributed by atoms with Crippen LogP contribution >= 0.6 is 0 Å². The molecular weight excluding hydrogens is 300 g/mol. The molecule has 1 atom stereocenters. The van der Waals surface area contributed by atoms with Crippen molar-refractivity contribution < 1.29 is 9.53 Å². The van der Waals surface area contributed by atoms with Crippen LogP contribution in [-0.2, 0) is 29.0 Å². The number of carbonyl (C=O) groups excluding carboxylic acids is 1. The molecule has 0 unspecified atom stereocenters. The fraction of sp³-hybridized carbons (Fsp3) is 0.600. The Morgan fingerprint density at radius 3 is 2.91 bits per heavy atom. The highest BCUT2D eigenvalue weighted by Crippen LogP contribution is 2.13. The summed E-state index contributed by atoms with van der Waals surface area (Å²) < 4.78 is 7.68. The minimum Gasteiger partial charge on any atom is -0.376 e. The van der Waals surface area contributed by atoms with Gasteiger partial charge < -0.3 is 10.1 Å². The number of nitrogens with zero attached hydrogens (tertiary/aromatic N) is 3. The molecule has 23 heavy (non-hydrogen) atoms. The monoisotopic (exact) mass is 318 g/mol. The maximum absolute atomic E-state index is 12.4. The molecule has 8 heteroatoms. The largest absolute Gasteiger partial charge is 0.376 e. The molecule has 1 saturated heterocycles. The number of nitrogens with one attached hydrogen (secondary N) is 1. The van der Waals surface area contributed by atoms with Gasteiger partial charge in [0.15, 0.2) is 0 Å². The number of fused-ring (bicyclic) bond motifs is 1. The summed E-state index contributed by atoms with van der Waals surface area (Å²) in [5.41, 5.74) is -0.751. The number of ether oxygens (including phenoxy) is 1. The molecule has 1 aromatic rings. The lowest BCUT2D eigenvalue weighted by atomic mass is 10.2. The Morgan fingerprint density at radius 2 is 2.22 bits per heavy atom. The van der Waals surface area contributed by atoms with Crippen LogP contribution in [0.25, 0.3) is 0 Å². The van der Waals surface area contributed by atoms with Crippen molar-refractivity contribution in [1.29, 1.82) is 5.26 Å². The summed E-state index contributed by atoms with van der Waals surface area (Å²) in [6, 6.07) is 1.87.